The van der Waals surface area contributed by atoms with Gasteiger partial charge >= 0.3 is 12.1 Å². The van der Waals surface area contributed by atoms with Crippen molar-refractivity contribution >= 4 is 17.6 Å². The monoisotopic (exact) mass is 338 g/mol. The minimum atomic E-state index is -4.66. The van der Waals surface area contributed by atoms with Crippen LogP contribution in [0, 0.1) is 0 Å². The summed E-state index contributed by atoms with van der Waals surface area (Å²) in [6, 6.07) is 5.86. The van der Waals surface area contributed by atoms with E-state index >= 15 is 0 Å². The van der Waals surface area contributed by atoms with Gasteiger partial charge in [-0.05, 0) is 24.3 Å². The Morgan fingerprint density at radius 1 is 1.25 bits per heavy atom. The minimum Gasteiger partial charge on any atom is -0.457 e. The summed E-state index contributed by atoms with van der Waals surface area (Å²) in [6.07, 6.45) is -1.65. The van der Waals surface area contributed by atoms with Gasteiger partial charge < -0.3 is 10.1 Å². The lowest BCUT2D eigenvalue weighted by Crippen LogP contribution is -2.13. The first-order valence-electron chi connectivity index (χ1n) is 6.81. The molecule has 0 unspecified atom stereocenters. The van der Waals surface area contributed by atoms with E-state index < -0.39 is 23.6 Å². The number of amides is 1. The van der Waals surface area contributed by atoms with Crippen molar-refractivity contribution in [2.75, 3.05) is 5.32 Å². The third-order valence-corrected chi connectivity index (χ3v) is 2.91. The standard InChI is InChI=1S/C16H13F3N2O3/c1-10(22)21-14-6-12(5-13(7-14)16(17,18)19)15(23)24-9-11-3-2-4-20-8-11/h2-8H,9H2,1H3,(H,21,22). The van der Waals surface area contributed by atoms with Gasteiger partial charge in [-0.25, -0.2) is 4.79 Å². The van der Waals surface area contributed by atoms with Gasteiger partial charge in [0.1, 0.15) is 6.61 Å². The van der Waals surface area contributed by atoms with Crippen LogP contribution < -0.4 is 5.32 Å². The van der Waals surface area contributed by atoms with E-state index in [1.807, 2.05) is 0 Å². The molecule has 24 heavy (non-hydrogen) atoms. The molecule has 0 spiro atoms. The molecule has 1 aromatic heterocycles. The van der Waals surface area contributed by atoms with Crippen LogP contribution >= 0.6 is 0 Å². The molecule has 0 aliphatic carbocycles. The summed E-state index contributed by atoms with van der Waals surface area (Å²) in [5, 5.41) is 2.23. The van der Waals surface area contributed by atoms with Crippen LogP contribution in [0.3, 0.4) is 0 Å². The Morgan fingerprint density at radius 2 is 2.00 bits per heavy atom. The second kappa shape index (κ2) is 7.12. The van der Waals surface area contributed by atoms with Crippen molar-refractivity contribution in [3.8, 4) is 0 Å². The highest BCUT2D eigenvalue weighted by Crippen LogP contribution is 2.32. The van der Waals surface area contributed by atoms with Crippen LogP contribution in [-0.2, 0) is 22.3 Å². The number of nitrogens with zero attached hydrogens (tertiary/aromatic N) is 1. The van der Waals surface area contributed by atoms with E-state index in [1.165, 1.54) is 12.4 Å². The number of carbonyl (C=O) groups excluding carboxylic acids is 2. The number of ether oxygens (including phenoxy) is 1. The number of benzene rings is 1. The lowest BCUT2D eigenvalue weighted by molar-refractivity contribution is -0.137. The average Bonchev–Trinajstić information content (AvgIpc) is 2.52. The van der Waals surface area contributed by atoms with E-state index in [0.717, 1.165) is 19.1 Å². The SMILES string of the molecule is CC(=O)Nc1cc(C(=O)OCc2cccnc2)cc(C(F)(F)F)c1. The van der Waals surface area contributed by atoms with Crippen LogP contribution in [0.4, 0.5) is 18.9 Å². The molecule has 0 aliphatic heterocycles. The molecule has 1 heterocycles. The third-order valence-electron chi connectivity index (χ3n) is 2.91. The Morgan fingerprint density at radius 3 is 2.58 bits per heavy atom. The molecule has 1 N–H and O–H groups in total. The molecule has 0 saturated carbocycles. The Labute approximate surface area is 135 Å². The van der Waals surface area contributed by atoms with Crippen LogP contribution in [0.15, 0.2) is 42.7 Å². The van der Waals surface area contributed by atoms with E-state index in [1.54, 1.807) is 12.1 Å². The van der Waals surface area contributed by atoms with Gasteiger partial charge in [-0.3, -0.25) is 9.78 Å². The number of anilines is 1. The topological polar surface area (TPSA) is 68.3 Å². The summed E-state index contributed by atoms with van der Waals surface area (Å²) in [7, 11) is 0. The number of nitrogens with one attached hydrogen (secondary N) is 1. The molecule has 0 bridgehead atoms. The van der Waals surface area contributed by atoms with E-state index in [-0.39, 0.29) is 17.9 Å². The number of rotatable bonds is 4. The number of halogens is 3. The smallest absolute Gasteiger partial charge is 0.416 e. The zero-order chi connectivity index (χ0) is 17.7. The predicted octanol–water partition coefficient (Wildman–Crippen LogP) is 3.42. The summed E-state index contributed by atoms with van der Waals surface area (Å²) in [5.41, 5.74) is -0.898. The van der Waals surface area contributed by atoms with Crippen molar-refractivity contribution in [1.29, 1.82) is 0 Å². The fraction of sp³-hybridized carbons (Fsp3) is 0.188. The highest BCUT2D eigenvalue weighted by molar-refractivity contribution is 5.94. The molecule has 1 amide bonds. The van der Waals surface area contributed by atoms with Crippen molar-refractivity contribution in [3.63, 3.8) is 0 Å². The summed E-state index contributed by atoms with van der Waals surface area (Å²) in [4.78, 5) is 26.9. The van der Waals surface area contributed by atoms with Crippen molar-refractivity contribution in [1.82, 2.24) is 4.98 Å². The maximum absolute atomic E-state index is 12.9. The molecular formula is C16H13F3N2O3. The average molecular weight is 338 g/mol. The quantitative estimate of drug-likeness (QED) is 0.868. The maximum Gasteiger partial charge on any atom is 0.416 e. The highest BCUT2D eigenvalue weighted by Gasteiger charge is 2.32. The molecule has 0 fully saturated rings. The number of alkyl halides is 3. The number of pyridine rings is 1. The lowest BCUT2D eigenvalue weighted by Gasteiger charge is -2.12. The predicted molar refractivity (Wildman–Crippen MR) is 79.1 cm³/mol. The van der Waals surface area contributed by atoms with Crippen LogP contribution in [-0.4, -0.2) is 16.9 Å². The van der Waals surface area contributed by atoms with Crippen molar-refractivity contribution < 1.29 is 27.5 Å². The van der Waals surface area contributed by atoms with E-state index in [4.69, 9.17) is 4.74 Å². The van der Waals surface area contributed by atoms with E-state index in [9.17, 15) is 22.8 Å². The number of esters is 1. The molecule has 8 heteroatoms. The first-order valence-corrected chi connectivity index (χ1v) is 6.81. The zero-order valence-electron chi connectivity index (χ0n) is 12.6. The zero-order valence-corrected chi connectivity index (χ0v) is 12.6. The van der Waals surface area contributed by atoms with Crippen LogP contribution in [0.5, 0.6) is 0 Å². The Balaban J connectivity index is 2.23. The highest BCUT2D eigenvalue weighted by atomic mass is 19.4. The first kappa shape index (κ1) is 17.5. The maximum atomic E-state index is 12.9. The van der Waals surface area contributed by atoms with Crippen molar-refractivity contribution in [2.45, 2.75) is 19.7 Å². The number of aromatic nitrogens is 1. The largest absolute Gasteiger partial charge is 0.457 e. The summed E-state index contributed by atoms with van der Waals surface area (Å²) >= 11 is 0. The number of hydrogen-bond donors (Lipinski definition) is 1. The van der Waals surface area contributed by atoms with E-state index in [0.29, 0.717) is 11.6 Å². The molecule has 0 atom stereocenters. The first-order chi connectivity index (χ1) is 11.3. The number of carbonyl (C=O) groups is 2. The Kier molecular flexibility index (Phi) is 5.18. The molecule has 0 radical (unpaired) electrons. The van der Waals surface area contributed by atoms with Gasteiger partial charge in [-0.2, -0.15) is 13.2 Å². The fourth-order valence-corrected chi connectivity index (χ4v) is 1.90. The summed E-state index contributed by atoms with van der Waals surface area (Å²) in [5.74, 6) is -1.49. The van der Waals surface area contributed by atoms with Gasteiger partial charge in [0.05, 0.1) is 11.1 Å². The van der Waals surface area contributed by atoms with Crippen LogP contribution in [0.1, 0.15) is 28.4 Å². The molecule has 1 aromatic carbocycles. The molecule has 2 aromatic rings. The second-order valence-electron chi connectivity index (χ2n) is 4.92. The molecule has 5 nitrogen and oxygen atoms in total. The summed E-state index contributed by atoms with van der Waals surface area (Å²) < 4.78 is 43.8. The van der Waals surface area contributed by atoms with Gasteiger partial charge in [0, 0.05) is 30.6 Å². The number of hydrogen-bond acceptors (Lipinski definition) is 4. The fourth-order valence-electron chi connectivity index (χ4n) is 1.90. The van der Waals surface area contributed by atoms with Gasteiger partial charge in [-0.1, -0.05) is 6.07 Å². The van der Waals surface area contributed by atoms with Crippen molar-refractivity contribution in [2.24, 2.45) is 0 Å². The molecule has 2 rings (SSSR count). The lowest BCUT2D eigenvalue weighted by atomic mass is 10.1. The molecule has 0 saturated heterocycles. The second-order valence-corrected chi connectivity index (χ2v) is 4.92. The van der Waals surface area contributed by atoms with E-state index in [2.05, 4.69) is 10.3 Å². The molecule has 126 valence electrons. The Bertz CT molecular complexity index is 746. The molecule has 0 aliphatic rings. The normalized spacial score (nSPS) is 11.0. The Hall–Kier alpha value is -2.90. The van der Waals surface area contributed by atoms with Crippen LogP contribution in [0.2, 0.25) is 0 Å². The van der Waals surface area contributed by atoms with Gasteiger partial charge in [0.25, 0.3) is 0 Å². The van der Waals surface area contributed by atoms with Gasteiger partial charge in [-0.15, -0.1) is 0 Å². The third kappa shape index (κ3) is 4.80. The molecular weight excluding hydrogens is 325 g/mol. The van der Waals surface area contributed by atoms with Crippen LogP contribution in [0.25, 0.3) is 0 Å². The summed E-state index contributed by atoms with van der Waals surface area (Å²) in [6.45, 7) is 1.03. The minimum absolute atomic E-state index is 0.127. The van der Waals surface area contributed by atoms with Gasteiger partial charge in [0.15, 0.2) is 0 Å². The van der Waals surface area contributed by atoms with Gasteiger partial charge in [0.2, 0.25) is 5.91 Å². The van der Waals surface area contributed by atoms with Crippen molar-refractivity contribution in [3.05, 3.63) is 59.4 Å².